The van der Waals surface area contributed by atoms with Crippen LogP contribution in [0.5, 0.6) is 11.5 Å². The average Bonchev–Trinajstić information content (AvgIpc) is 2.83. The van der Waals surface area contributed by atoms with Crippen molar-refractivity contribution < 1.29 is 19.3 Å². The van der Waals surface area contributed by atoms with Gasteiger partial charge >= 0.3 is 0 Å². The number of aromatic hydroxyl groups is 1. The van der Waals surface area contributed by atoms with Gasteiger partial charge in [0.1, 0.15) is 18.1 Å². The van der Waals surface area contributed by atoms with E-state index in [0.717, 1.165) is 18.6 Å². The Hall–Kier alpha value is -2.82. The average molecular weight is 449 g/mol. The number of allylic oxidation sites excluding steroid dienone is 6. The highest BCUT2D eigenvalue weighted by Crippen LogP contribution is 2.43. The van der Waals surface area contributed by atoms with E-state index in [9.17, 15) is 5.11 Å². The molecule has 0 heterocycles. The zero-order valence-corrected chi connectivity index (χ0v) is 19.9. The Balaban J connectivity index is 1.80. The van der Waals surface area contributed by atoms with Crippen LogP contribution in [-0.4, -0.2) is 31.2 Å². The Morgan fingerprint density at radius 1 is 0.970 bits per heavy atom. The minimum absolute atomic E-state index is 0.231. The largest absolute Gasteiger partial charge is 0.508 e. The van der Waals surface area contributed by atoms with Gasteiger partial charge in [-0.25, -0.2) is 0 Å². The Bertz CT molecular complexity index is 937. The first kappa shape index (κ1) is 24.8. The number of phenols is 1. The smallest absolute Gasteiger partial charge is 0.191 e. The number of ether oxygens (including phenoxy) is 3. The van der Waals surface area contributed by atoms with Crippen LogP contribution in [0.15, 0.2) is 78.9 Å². The summed E-state index contributed by atoms with van der Waals surface area (Å²) in [4.78, 5) is 0. The molecular weight excluding hydrogens is 412 g/mol. The lowest BCUT2D eigenvalue weighted by Crippen LogP contribution is -2.25. The molecule has 2 unspecified atom stereocenters. The number of phenolic OH excluding ortho intramolecular Hbond substituents is 1. The van der Waals surface area contributed by atoms with Gasteiger partial charge in [-0.1, -0.05) is 54.7 Å². The minimum Gasteiger partial charge on any atom is -0.508 e. The molecule has 0 radical (unpaired) electrons. The van der Waals surface area contributed by atoms with Gasteiger partial charge in [0.15, 0.2) is 6.29 Å². The highest BCUT2D eigenvalue weighted by molar-refractivity contribution is 5.46. The lowest BCUT2D eigenvalue weighted by Gasteiger charge is -2.32. The van der Waals surface area contributed by atoms with E-state index in [1.807, 2.05) is 57.2 Å². The second-order valence-electron chi connectivity index (χ2n) is 8.08. The molecule has 1 N–H and O–H groups in total. The molecule has 2 aromatic carbocycles. The Labute approximate surface area is 198 Å². The van der Waals surface area contributed by atoms with Crippen LogP contribution in [-0.2, 0) is 15.9 Å². The van der Waals surface area contributed by atoms with Gasteiger partial charge in [-0.05, 0) is 80.5 Å². The fourth-order valence-corrected chi connectivity index (χ4v) is 4.36. The third kappa shape index (κ3) is 7.08. The second kappa shape index (κ2) is 13.0. The molecule has 0 bridgehead atoms. The molecule has 0 fully saturated rings. The van der Waals surface area contributed by atoms with Crippen LogP contribution >= 0.6 is 0 Å². The quantitative estimate of drug-likeness (QED) is 0.313. The highest BCUT2D eigenvalue weighted by atomic mass is 16.7. The predicted octanol–water partition coefficient (Wildman–Crippen LogP) is 6.55. The molecule has 3 rings (SSSR count). The van der Waals surface area contributed by atoms with Gasteiger partial charge in [0.25, 0.3) is 0 Å². The van der Waals surface area contributed by atoms with Gasteiger partial charge in [-0.15, -0.1) is 0 Å². The van der Waals surface area contributed by atoms with Crippen molar-refractivity contribution in [2.75, 3.05) is 19.8 Å². The van der Waals surface area contributed by atoms with Crippen molar-refractivity contribution in [2.45, 2.75) is 45.8 Å². The van der Waals surface area contributed by atoms with Crippen LogP contribution in [0.1, 0.15) is 49.8 Å². The van der Waals surface area contributed by atoms with E-state index < -0.39 is 0 Å². The van der Waals surface area contributed by atoms with Crippen molar-refractivity contribution in [1.82, 2.24) is 0 Å². The van der Waals surface area contributed by atoms with Crippen molar-refractivity contribution in [1.29, 1.82) is 0 Å². The maximum absolute atomic E-state index is 9.98. The van der Waals surface area contributed by atoms with E-state index in [4.69, 9.17) is 14.2 Å². The van der Waals surface area contributed by atoms with Crippen LogP contribution in [0.2, 0.25) is 0 Å². The number of hydrogen-bond acceptors (Lipinski definition) is 4. The summed E-state index contributed by atoms with van der Waals surface area (Å²) in [6, 6.07) is 14.1. The molecule has 0 saturated carbocycles. The van der Waals surface area contributed by atoms with Crippen LogP contribution in [0.25, 0.3) is 0 Å². The third-order valence-electron chi connectivity index (χ3n) is 5.85. The topological polar surface area (TPSA) is 47.9 Å². The first-order valence-corrected chi connectivity index (χ1v) is 11.9. The van der Waals surface area contributed by atoms with Gasteiger partial charge in [-0.2, -0.15) is 0 Å². The molecule has 1 aliphatic rings. The molecule has 1 aliphatic carbocycles. The van der Waals surface area contributed by atoms with Crippen LogP contribution < -0.4 is 4.74 Å². The standard InChI is InChI=1S/C29H36O4/c1-4-7-8-9-10-11-22-12-13-24-20-25(30)16-19-27(24)29(22)23-14-17-26(18-15-23)33-21-28(31-5-2)32-6-3/h4,7-11,14-20,22,28-30H,5-6,12-13,21H2,1-3H3/b7-4-,9-8-,11-10+. The molecule has 0 aromatic heterocycles. The molecule has 0 spiro atoms. The van der Waals surface area contributed by atoms with Gasteiger partial charge < -0.3 is 19.3 Å². The van der Waals surface area contributed by atoms with Crippen molar-refractivity contribution in [3.05, 3.63) is 95.6 Å². The summed E-state index contributed by atoms with van der Waals surface area (Å²) >= 11 is 0. The summed E-state index contributed by atoms with van der Waals surface area (Å²) in [5.74, 6) is 1.74. The summed E-state index contributed by atoms with van der Waals surface area (Å²) in [7, 11) is 0. The number of rotatable bonds is 11. The second-order valence-corrected chi connectivity index (χ2v) is 8.08. The molecule has 0 aliphatic heterocycles. The summed E-state index contributed by atoms with van der Waals surface area (Å²) in [5.41, 5.74) is 3.76. The van der Waals surface area contributed by atoms with Crippen molar-refractivity contribution >= 4 is 0 Å². The fourth-order valence-electron chi connectivity index (χ4n) is 4.36. The SMILES string of the molecule is C\C=C/C=C\C=C\C1CCc2cc(O)ccc2C1c1ccc(OCC(OCC)OCC)cc1. The van der Waals surface area contributed by atoms with Gasteiger partial charge in [0.05, 0.1) is 0 Å². The summed E-state index contributed by atoms with van der Waals surface area (Å²) in [6.45, 7) is 7.44. The van der Waals surface area contributed by atoms with Gasteiger partial charge in [0, 0.05) is 19.1 Å². The van der Waals surface area contributed by atoms with E-state index in [2.05, 4.69) is 36.4 Å². The fraction of sp³-hybridized carbons (Fsp3) is 0.379. The van der Waals surface area contributed by atoms with Crippen molar-refractivity contribution in [2.24, 2.45) is 5.92 Å². The van der Waals surface area contributed by atoms with Gasteiger partial charge in [0.2, 0.25) is 0 Å². The van der Waals surface area contributed by atoms with Crippen LogP contribution in [0.3, 0.4) is 0 Å². The van der Waals surface area contributed by atoms with E-state index in [0.29, 0.717) is 31.5 Å². The molecular formula is C29H36O4. The first-order chi connectivity index (χ1) is 16.2. The zero-order valence-electron chi connectivity index (χ0n) is 19.9. The Morgan fingerprint density at radius 3 is 2.39 bits per heavy atom. The van der Waals surface area contributed by atoms with Crippen LogP contribution in [0, 0.1) is 5.92 Å². The maximum atomic E-state index is 9.98. The van der Waals surface area contributed by atoms with Gasteiger partial charge in [-0.3, -0.25) is 0 Å². The van der Waals surface area contributed by atoms with E-state index in [-0.39, 0.29) is 12.2 Å². The van der Waals surface area contributed by atoms with E-state index in [1.165, 1.54) is 16.7 Å². The highest BCUT2D eigenvalue weighted by Gasteiger charge is 2.29. The Morgan fingerprint density at radius 2 is 1.70 bits per heavy atom. The first-order valence-electron chi connectivity index (χ1n) is 11.9. The number of benzene rings is 2. The summed E-state index contributed by atoms with van der Waals surface area (Å²) in [6.07, 6.45) is 14.3. The number of hydrogen-bond donors (Lipinski definition) is 1. The lowest BCUT2D eigenvalue weighted by molar-refractivity contribution is -0.152. The molecule has 176 valence electrons. The van der Waals surface area contributed by atoms with Crippen LogP contribution in [0.4, 0.5) is 0 Å². The molecule has 0 saturated heterocycles. The molecule has 2 aromatic rings. The third-order valence-corrected chi connectivity index (χ3v) is 5.85. The van der Waals surface area contributed by atoms with E-state index in [1.54, 1.807) is 6.07 Å². The molecule has 4 nitrogen and oxygen atoms in total. The van der Waals surface area contributed by atoms with E-state index >= 15 is 0 Å². The zero-order chi connectivity index (χ0) is 23.5. The molecule has 2 atom stereocenters. The maximum Gasteiger partial charge on any atom is 0.191 e. The lowest BCUT2D eigenvalue weighted by atomic mass is 9.71. The predicted molar refractivity (Wildman–Crippen MR) is 134 cm³/mol. The molecule has 33 heavy (non-hydrogen) atoms. The Kier molecular flexibility index (Phi) is 9.79. The normalized spacial score (nSPS) is 18.5. The van der Waals surface area contributed by atoms with Crippen molar-refractivity contribution in [3.8, 4) is 11.5 Å². The molecule has 0 amide bonds. The van der Waals surface area contributed by atoms with Crippen molar-refractivity contribution in [3.63, 3.8) is 0 Å². The minimum atomic E-state index is -0.359. The summed E-state index contributed by atoms with van der Waals surface area (Å²) < 4.78 is 17.0. The number of aryl methyl sites for hydroxylation is 1. The molecule has 4 heteroatoms. The number of fused-ring (bicyclic) bond motifs is 1. The monoisotopic (exact) mass is 448 g/mol. The summed E-state index contributed by atoms with van der Waals surface area (Å²) in [5, 5.41) is 9.98.